The molecule has 5 heteroatoms. The highest BCUT2D eigenvalue weighted by Crippen LogP contribution is 2.35. The summed E-state index contributed by atoms with van der Waals surface area (Å²) in [6.45, 7) is 5.08. The lowest BCUT2D eigenvalue weighted by atomic mass is 10.0. The Balaban J connectivity index is 2.02. The van der Waals surface area contributed by atoms with Crippen molar-refractivity contribution in [2.45, 2.75) is 6.92 Å². The molecule has 3 aromatic rings. The minimum Gasteiger partial charge on any atom is -0.294 e. The van der Waals surface area contributed by atoms with Crippen LogP contribution in [0.15, 0.2) is 46.1 Å². The number of thiophene rings is 1. The largest absolute Gasteiger partial charge is 0.294 e. The van der Waals surface area contributed by atoms with Crippen molar-refractivity contribution < 1.29 is 4.79 Å². The van der Waals surface area contributed by atoms with Gasteiger partial charge in [0.05, 0.1) is 5.69 Å². The quantitative estimate of drug-likeness (QED) is 0.498. The van der Waals surface area contributed by atoms with Gasteiger partial charge in [0, 0.05) is 32.3 Å². The first-order chi connectivity index (χ1) is 10.2. The molecule has 0 aliphatic heterocycles. The first-order valence-corrected chi connectivity index (χ1v) is 8.06. The average molecular weight is 312 g/mol. The lowest BCUT2D eigenvalue weighted by Crippen LogP contribution is -1.94. The normalized spacial score (nSPS) is 10.5. The van der Waals surface area contributed by atoms with Crippen molar-refractivity contribution in [2.24, 2.45) is 4.99 Å². The summed E-state index contributed by atoms with van der Waals surface area (Å²) in [6.07, 6.45) is 0. The molecule has 0 aliphatic rings. The summed E-state index contributed by atoms with van der Waals surface area (Å²) in [6, 6.07) is 9.74. The number of rotatable bonds is 4. The molecule has 0 fully saturated rings. The molecule has 3 nitrogen and oxygen atoms in total. The SMILES string of the molecule is C=Nc1nc(-c2csc(-c3ccccc3C(C)=O)c2)cs1. The van der Waals surface area contributed by atoms with Gasteiger partial charge < -0.3 is 0 Å². The van der Waals surface area contributed by atoms with Crippen LogP contribution in [0.25, 0.3) is 21.7 Å². The minimum absolute atomic E-state index is 0.0763. The van der Waals surface area contributed by atoms with Crippen molar-refractivity contribution in [3.8, 4) is 21.7 Å². The lowest BCUT2D eigenvalue weighted by Gasteiger charge is -2.03. The summed E-state index contributed by atoms with van der Waals surface area (Å²) in [7, 11) is 0. The molecule has 0 atom stereocenters. The number of Topliss-reactive ketones (excluding diaryl/α,β-unsaturated/α-hetero) is 1. The van der Waals surface area contributed by atoms with Crippen LogP contribution in [-0.2, 0) is 0 Å². The molecule has 0 unspecified atom stereocenters. The summed E-state index contributed by atoms with van der Waals surface area (Å²) < 4.78 is 0. The van der Waals surface area contributed by atoms with E-state index in [2.05, 4.69) is 22.8 Å². The number of hydrogen-bond donors (Lipinski definition) is 0. The number of ketones is 1. The maximum Gasteiger partial charge on any atom is 0.209 e. The van der Waals surface area contributed by atoms with Crippen LogP contribution in [0.5, 0.6) is 0 Å². The van der Waals surface area contributed by atoms with Gasteiger partial charge in [0.25, 0.3) is 0 Å². The smallest absolute Gasteiger partial charge is 0.209 e. The van der Waals surface area contributed by atoms with Crippen LogP contribution in [0.4, 0.5) is 5.13 Å². The zero-order valence-electron chi connectivity index (χ0n) is 11.4. The fraction of sp³-hybridized carbons (Fsp3) is 0.0625. The second-order valence-electron chi connectivity index (χ2n) is 4.47. The molecule has 0 radical (unpaired) electrons. The third-order valence-corrected chi connectivity index (χ3v) is 4.83. The Labute approximate surface area is 130 Å². The Morgan fingerprint density at radius 3 is 2.76 bits per heavy atom. The Hall–Kier alpha value is -2.11. The topological polar surface area (TPSA) is 42.3 Å². The third-order valence-electron chi connectivity index (χ3n) is 3.09. The molecule has 2 aromatic heterocycles. The molecule has 2 heterocycles. The van der Waals surface area contributed by atoms with Gasteiger partial charge >= 0.3 is 0 Å². The van der Waals surface area contributed by atoms with E-state index in [1.54, 1.807) is 18.3 Å². The number of thiazole rings is 1. The minimum atomic E-state index is 0.0763. The Kier molecular flexibility index (Phi) is 3.77. The van der Waals surface area contributed by atoms with Gasteiger partial charge in [-0.1, -0.05) is 24.3 Å². The molecule has 3 rings (SSSR count). The van der Waals surface area contributed by atoms with Gasteiger partial charge in [-0.2, -0.15) is 0 Å². The molecule has 0 bridgehead atoms. The Morgan fingerprint density at radius 2 is 2.05 bits per heavy atom. The van der Waals surface area contributed by atoms with Gasteiger partial charge in [-0.25, -0.2) is 9.98 Å². The van der Waals surface area contributed by atoms with Gasteiger partial charge in [0.1, 0.15) is 0 Å². The van der Waals surface area contributed by atoms with Crippen LogP contribution >= 0.6 is 22.7 Å². The second kappa shape index (κ2) is 5.71. The van der Waals surface area contributed by atoms with Crippen LogP contribution in [0.3, 0.4) is 0 Å². The van der Waals surface area contributed by atoms with E-state index in [9.17, 15) is 4.79 Å². The van der Waals surface area contributed by atoms with E-state index in [1.165, 1.54) is 11.3 Å². The van der Waals surface area contributed by atoms with Crippen LogP contribution < -0.4 is 0 Å². The zero-order valence-corrected chi connectivity index (χ0v) is 13.0. The molecular weight excluding hydrogens is 300 g/mol. The molecule has 0 saturated carbocycles. The Morgan fingerprint density at radius 1 is 1.24 bits per heavy atom. The van der Waals surface area contributed by atoms with E-state index in [0.717, 1.165) is 27.3 Å². The van der Waals surface area contributed by atoms with Gasteiger partial charge in [0.2, 0.25) is 5.13 Å². The molecule has 104 valence electrons. The van der Waals surface area contributed by atoms with E-state index in [1.807, 2.05) is 35.0 Å². The number of benzene rings is 1. The van der Waals surface area contributed by atoms with Crippen molar-refractivity contribution in [3.63, 3.8) is 0 Å². The molecule has 0 N–H and O–H groups in total. The third kappa shape index (κ3) is 2.70. The Bertz CT molecular complexity index is 817. The highest BCUT2D eigenvalue weighted by Gasteiger charge is 2.12. The van der Waals surface area contributed by atoms with E-state index < -0.39 is 0 Å². The predicted octanol–water partition coefficient (Wildman–Crippen LogP) is 5.07. The fourth-order valence-electron chi connectivity index (χ4n) is 2.09. The van der Waals surface area contributed by atoms with E-state index >= 15 is 0 Å². The molecule has 0 saturated heterocycles. The summed E-state index contributed by atoms with van der Waals surface area (Å²) in [4.78, 5) is 21.0. The molecule has 0 aliphatic carbocycles. The fourth-order valence-corrected chi connectivity index (χ4v) is 3.66. The van der Waals surface area contributed by atoms with Crippen LogP contribution in [0.2, 0.25) is 0 Å². The second-order valence-corrected chi connectivity index (χ2v) is 6.22. The van der Waals surface area contributed by atoms with Crippen LogP contribution in [0, 0.1) is 0 Å². The first-order valence-electron chi connectivity index (χ1n) is 6.30. The van der Waals surface area contributed by atoms with E-state index in [4.69, 9.17) is 0 Å². The number of aliphatic imine (C=N–C) groups is 1. The highest BCUT2D eigenvalue weighted by molar-refractivity contribution is 7.14. The summed E-state index contributed by atoms with van der Waals surface area (Å²) >= 11 is 3.08. The number of carbonyl (C=O) groups excluding carboxylic acids is 1. The van der Waals surface area contributed by atoms with Gasteiger partial charge in [0.15, 0.2) is 5.78 Å². The lowest BCUT2D eigenvalue weighted by molar-refractivity contribution is 0.101. The predicted molar refractivity (Wildman–Crippen MR) is 90.1 cm³/mol. The maximum atomic E-state index is 11.7. The monoisotopic (exact) mass is 312 g/mol. The van der Waals surface area contributed by atoms with Gasteiger partial charge in [-0.05, 0) is 19.7 Å². The summed E-state index contributed by atoms with van der Waals surface area (Å²) in [5.74, 6) is 0.0763. The molecule has 1 aromatic carbocycles. The van der Waals surface area contributed by atoms with Gasteiger partial charge in [-0.15, -0.1) is 22.7 Å². The molecule has 21 heavy (non-hydrogen) atoms. The number of carbonyl (C=O) groups is 1. The van der Waals surface area contributed by atoms with Crippen LogP contribution in [-0.4, -0.2) is 17.5 Å². The number of hydrogen-bond acceptors (Lipinski definition) is 5. The zero-order chi connectivity index (χ0) is 14.8. The number of nitrogens with zero attached hydrogens (tertiary/aromatic N) is 2. The van der Waals surface area contributed by atoms with Crippen molar-refractivity contribution >= 4 is 40.3 Å². The van der Waals surface area contributed by atoms with E-state index in [-0.39, 0.29) is 5.78 Å². The van der Waals surface area contributed by atoms with Crippen molar-refractivity contribution in [3.05, 3.63) is 46.7 Å². The molecular formula is C16H12N2OS2. The van der Waals surface area contributed by atoms with Crippen molar-refractivity contribution in [2.75, 3.05) is 0 Å². The first kappa shape index (κ1) is 13.9. The molecule has 0 amide bonds. The average Bonchev–Trinajstić information content (AvgIpc) is 3.16. The highest BCUT2D eigenvalue weighted by atomic mass is 32.1. The molecule has 0 spiro atoms. The summed E-state index contributed by atoms with van der Waals surface area (Å²) in [5, 5.41) is 4.68. The van der Waals surface area contributed by atoms with E-state index in [0.29, 0.717) is 5.13 Å². The maximum absolute atomic E-state index is 11.7. The van der Waals surface area contributed by atoms with Crippen molar-refractivity contribution in [1.82, 2.24) is 4.98 Å². The van der Waals surface area contributed by atoms with Crippen molar-refractivity contribution in [1.29, 1.82) is 0 Å². The number of aromatic nitrogens is 1. The van der Waals surface area contributed by atoms with Crippen LogP contribution in [0.1, 0.15) is 17.3 Å². The summed E-state index contributed by atoms with van der Waals surface area (Å²) in [5.41, 5.74) is 3.65. The standard InChI is InChI=1S/C16H12N2OS2/c1-10(19)12-5-3-4-6-13(12)15-7-11(8-20-15)14-9-21-16(17-2)18-14/h3-9H,2H2,1H3. The van der Waals surface area contributed by atoms with Gasteiger partial charge in [-0.3, -0.25) is 4.79 Å².